The largest absolute Gasteiger partial charge is 0.573 e. The second-order valence-electron chi connectivity index (χ2n) is 5.09. The molecule has 0 N–H and O–H groups in total. The van der Waals surface area contributed by atoms with E-state index in [1.807, 2.05) is 13.0 Å². The Morgan fingerprint density at radius 2 is 2.00 bits per heavy atom. The minimum Gasteiger partial charge on any atom is -0.406 e. The summed E-state index contributed by atoms with van der Waals surface area (Å²) in [5.74, 6) is -0.226. The van der Waals surface area contributed by atoms with Gasteiger partial charge in [-0.3, -0.25) is 0 Å². The van der Waals surface area contributed by atoms with Gasteiger partial charge in [0.25, 0.3) is 0 Å². The van der Waals surface area contributed by atoms with Crippen molar-refractivity contribution in [2.24, 2.45) is 0 Å². The van der Waals surface area contributed by atoms with Gasteiger partial charge in [0.05, 0.1) is 6.61 Å². The third kappa shape index (κ3) is 5.69. The van der Waals surface area contributed by atoms with E-state index < -0.39 is 6.36 Å². The second kappa shape index (κ2) is 7.65. The maximum absolute atomic E-state index is 12.1. The molecule has 1 heterocycles. The Kier molecular flexibility index (Phi) is 5.85. The van der Waals surface area contributed by atoms with E-state index in [4.69, 9.17) is 9.47 Å². The molecule has 1 aromatic rings. The number of hydrogen-bond acceptors (Lipinski definition) is 3. The maximum Gasteiger partial charge on any atom is 0.573 e. The lowest BCUT2D eigenvalue weighted by Crippen LogP contribution is -2.22. The lowest BCUT2D eigenvalue weighted by Gasteiger charge is -2.22. The smallest absolute Gasteiger partial charge is 0.406 e. The molecule has 0 bridgehead atoms. The van der Waals surface area contributed by atoms with E-state index in [-0.39, 0.29) is 12.0 Å². The Morgan fingerprint density at radius 1 is 1.27 bits per heavy atom. The first-order chi connectivity index (χ1) is 10.4. The summed E-state index contributed by atoms with van der Waals surface area (Å²) in [5, 5.41) is 0. The van der Waals surface area contributed by atoms with E-state index in [1.165, 1.54) is 12.1 Å². The molecule has 0 saturated carbocycles. The zero-order chi connectivity index (χ0) is 16.0. The Bertz CT molecular complexity index is 488. The molecule has 1 aliphatic heterocycles. The minimum absolute atomic E-state index is 0.152. The van der Waals surface area contributed by atoms with Gasteiger partial charge in [-0.05, 0) is 49.5 Å². The van der Waals surface area contributed by atoms with Gasteiger partial charge in [-0.25, -0.2) is 0 Å². The molecular weight excluding hydrogens is 297 g/mol. The van der Waals surface area contributed by atoms with Crippen LogP contribution in [0.1, 0.15) is 31.7 Å². The molecule has 0 amide bonds. The third-order valence-electron chi connectivity index (χ3n) is 3.35. The molecule has 6 heteroatoms. The van der Waals surface area contributed by atoms with Crippen molar-refractivity contribution in [3.8, 4) is 5.75 Å². The molecule has 0 spiro atoms. The van der Waals surface area contributed by atoms with Crippen molar-refractivity contribution < 1.29 is 27.4 Å². The van der Waals surface area contributed by atoms with Crippen molar-refractivity contribution in [1.29, 1.82) is 0 Å². The molecule has 0 aromatic heterocycles. The fourth-order valence-corrected chi connectivity index (χ4v) is 2.16. The molecule has 3 nitrogen and oxygen atoms in total. The first-order valence-corrected chi connectivity index (χ1v) is 7.20. The maximum atomic E-state index is 12.1. The van der Waals surface area contributed by atoms with Gasteiger partial charge in [-0.1, -0.05) is 18.2 Å². The van der Waals surface area contributed by atoms with Gasteiger partial charge in [0.1, 0.15) is 5.75 Å². The quantitative estimate of drug-likeness (QED) is 0.798. The zero-order valence-electron chi connectivity index (χ0n) is 12.4. The van der Waals surface area contributed by atoms with E-state index in [0.29, 0.717) is 6.61 Å². The molecule has 1 fully saturated rings. The average molecular weight is 316 g/mol. The lowest BCUT2D eigenvalue weighted by atomic mass is 10.1. The van der Waals surface area contributed by atoms with Crippen LogP contribution in [0.2, 0.25) is 0 Å². The van der Waals surface area contributed by atoms with Crippen LogP contribution in [0.15, 0.2) is 30.3 Å². The predicted molar refractivity (Wildman–Crippen MR) is 76.3 cm³/mol. The highest BCUT2D eigenvalue weighted by Gasteiger charge is 2.30. The second-order valence-corrected chi connectivity index (χ2v) is 5.09. The number of halogens is 3. The Hall–Kier alpha value is -1.53. The fraction of sp³-hybridized carbons (Fsp3) is 0.500. The van der Waals surface area contributed by atoms with Crippen LogP contribution in [0, 0.1) is 0 Å². The number of rotatable bonds is 5. The van der Waals surface area contributed by atoms with Gasteiger partial charge >= 0.3 is 6.36 Å². The van der Waals surface area contributed by atoms with Gasteiger partial charge in [-0.2, -0.15) is 0 Å². The van der Waals surface area contributed by atoms with Crippen LogP contribution in [0.3, 0.4) is 0 Å². The molecular formula is C16H19F3O3. The highest BCUT2D eigenvalue weighted by Crippen LogP contribution is 2.24. The number of ether oxygens (including phenoxy) is 3. The summed E-state index contributed by atoms with van der Waals surface area (Å²) in [5.41, 5.74) is 1.75. The molecule has 1 aliphatic rings. The van der Waals surface area contributed by atoms with Crippen LogP contribution in [0.4, 0.5) is 13.2 Å². The van der Waals surface area contributed by atoms with Crippen molar-refractivity contribution in [3.05, 3.63) is 35.9 Å². The summed E-state index contributed by atoms with van der Waals surface area (Å²) in [4.78, 5) is 0. The van der Waals surface area contributed by atoms with E-state index in [9.17, 15) is 13.2 Å². The van der Waals surface area contributed by atoms with Gasteiger partial charge in [0.15, 0.2) is 6.29 Å². The monoisotopic (exact) mass is 316 g/mol. The average Bonchev–Trinajstić information content (AvgIpc) is 2.47. The van der Waals surface area contributed by atoms with Gasteiger partial charge in [-0.15, -0.1) is 13.2 Å². The molecule has 2 rings (SSSR count). The topological polar surface area (TPSA) is 27.7 Å². The molecule has 0 aliphatic carbocycles. The predicted octanol–water partition coefficient (Wildman–Crippen LogP) is 4.53. The number of hydrogen-bond donors (Lipinski definition) is 0. The van der Waals surface area contributed by atoms with Crippen LogP contribution < -0.4 is 4.74 Å². The van der Waals surface area contributed by atoms with Crippen molar-refractivity contribution in [1.82, 2.24) is 0 Å². The normalized spacial score (nSPS) is 20.0. The molecule has 122 valence electrons. The number of alkyl halides is 3. The Morgan fingerprint density at radius 3 is 2.59 bits per heavy atom. The molecule has 1 saturated heterocycles. The van der Waals surface area contributed by atoms with E-state index >= 15 is 0 Å². The number of allylic oxidation sites excluding steroid dienone is 1. The summed E-state index contributed by atoms with van der Waals surface area (Å²) >= 11 is 0. The Balaban J connectivity index is 1.85. The zero-order valence-corrected chi connectivity index (χ0v) is 12.4. The first-order valence-electron chi connectivity index (χ1n) is 7.20. The summed E-state index contributed by atoms with van der Waals surface area (Å²) in [6.07, 6.45) is 0.142. The minimum atomic E-state index is -4.67. The molecule has 1 unspecified atom stereocenters. The van der Waals surface area contributed by atoms with Crippen molar-refractivity contribution in [2.75, 3.05) is 13.2 Å². The van der Waals surface area contributed by atoms with Crippen LogP contribution in [0.5, 0.6) is 5.75 Å². The Labute approximate surface area is 127 Å². The standard InChI is InChI=1S/C16H19F3O3/c1-12(9-11-21-15-4-2-3-10-20-15)13-5-7-14(8-6-13)22-16(17,18)19/h5-9,15H,2-4,10-11H2,1H3/b12-9+. The van der Waals surface area contributed by atoms with E-state index in [0.717, 1.165) is 37.0 Å². The van der Waals surface area contributed by atoms with E-state index in [1.54, 1.807) is 12.1 Å². The summed E-state index contributed by atoms with van der Waals surface area (Å²) < 4.78 is 51.1. The number of benzene rings is 1. The molecule has 22 heavy (non-hydrogen) atoms. The van der Waals surface area contributed by atoms with Crippen LogP contribution in [-0.2, 0) is 9.47 Å². The summed E-state index contributed by atoms with van der Waals surface area (Å²) in [6, 6.07) is 5.77. The first kappa shape index (κ1) is 16.8. The van der Waals surface area contributed by atoms with Crippen molar-refractivity contribution in [3.63, 3.8) is 0 Å². The van der Waals surface area contributed by atoms with Crippen LogP contribution in [0.25, 0.3) is 5.57 Å². The van der Waals surface area contributed by atoms with Crippen LogP contribution in [-0.4, -0.2) is 25.9 Å². The van der Waals surface area contributed by atoms with Crippen molar-refractivity contribution in [2.45, 2.75) is 38.8 Å². The SMILES string of the molecule is C/C(=C\COC1CCCCO1)c1ccc(OC(F)(F)F)cc1. The van der Waals surface area contributed by atoms with Gasteiger partial charge < -0.3 is 14.2 Å². The summed E-state index contributed by atoms with van der Waals surface area (Å²) in [7, 11) is 0. The summed E-state index contributed by atoms with van der Waals surface area (Å²) in [6.45, 7) is 3.02. The van der Waals surface area contributed by atoms with Crippen LogP contribution >= 0.6 is 0 Å². The molecule has 0 radical (unpaired) electrons. The van der Waals surface area contributed by atoms with Crippen molar-refractivity contribution >= 4 is 5.57 Å². The molecule has 1 atom stereocenters. The third-order valence-corrected chi connectivity index (χ3v) is 3.35. The highest BCUT2D eigenvalue weighted by molar-refractivity contribution is 5.64. The lowest BCUT2D eigenvalue weighted by molar-refractivity contribution is -0.274. The highest BCUT2D eigenvalue weighted by atomic mass is 19.4. The van der Waals surface area contributed by atoms with Gasteiger partial charge in [0, 0.05) is 6.61 Å². The molecule has 1 aromatic carbocycles. The fourth-order valence-electron chi connectivity index (χ4n) is 2.16. The van der Waals surface area contributed by atoms with Gasteiger partial charge in [0.2, 0.25) is 0 Å². The van der Waals surface area contributed by atoms with E-state index in [2.05, 4.69) is 4.74 Å².